The van der Waals surface area contributed by atoms with Crippen LogP contribution in [-0.2, 0) is 26.1 Å². The van der Waals surface area contributed by atoms with Gasteiger partial charge in [0, 0.05) is 20.2 Å². The molecule has 9 heteroatoms. The Hall–Kier alpha value is -1.97. The summed E-state index contributed by atoms with van der Waals surface area (Å²) in [5.74, 6) is -0.328. The van der Waals surface area contributed by atoms with Crippen LogP contribution in [0.2, 0.25) is 0 Å². The van der Waals surface area contributed by atoms with Crippen molar-refractivity contribution in [3.63, 3.8) is 0 Å². The van der Waals surface area contributed by atoms with Gasteiger partial charge in [-0.1, -0.05) is 42.0 Å². The zero-order valence-electron chi connectivity index (χ0n) is 15.8. The van der Waals surface area contributed by atoms with Crippen LogP contribution in [0.25, 0.3) is 0 Å². The van der Waals surface area contributed by atoms with Gasteiger partial charge in [0.05, 0.1) is 11.5 Å². The SMILES string of the molecule is COCCNS(=O)(=O)c1cccc(CNC(=O)C(N)c2ccc(C)cc2)c1.Cl. The van der Waals surface area contributed by atoms with Gasteiger partial charge in [-0.05, 0) is 30.2 Å². The van der Waals surface area contributed by atoms with Crippen molar-refractivity contribution in [2.75, 3.05) is 20.3 Å². The van der Waals surface area contributed by atoms with Crippen LogP contribution in [0.15, 0.2) is 53.4 Å². The molecule has 1 atom stereocenters. The highest BCUT2D eigenvalue weighted by atomic mass is 35.5. The second-order valence-corrected chi connectivity index (χ2v) is 7.91. The molecule has 0 radical (unpaired) electrons. The van der Waals surface area contributed by atoms with Crippen LogP contribution in [0.5, 0.6) is 0 Å². The Morgan fingerprint density at radius 3 is 2.50 bits per heavy atom. The zero-order valence-corrected chi connectivity index (χ0v) is 17.5. The third-order valence-corrected chi connectivity index (χ3v) is 5.45. The Labute approximate surface area is 172 Å². The van der Waals surface area contributed by atoms with Crippen molar-refractivity contribution in [1.29, 1.82) is 0 Å². The maximum atomic E-state index is 12.3. The Balaban J connectivity index is 0.00000392. The van der Waals surface area contributed by atoms with Crippen LogP contribution in [0.4, 0.5) is 0 Å². The van der Waals surface area contributed by atoms with Gasteiger partial charge in [0.2, 0.25) is 15.9 Å². The van der Waals surface area contributed by atoms with E-state index in [1.165, 1.54) is 19.2 Å². The number of amides is 1. The Bertz CT molecular complexity index is 873. The van der Waals surface area contributed by atoms with Crippen molar-refractivity contribution in [2.45, 2.75) is 24.4 Å². The molecule has 28 heavy (non-hydrogen) atoms. The number of carbonyl (C=O) groups is 1. The molecule has 0 bridgehead atoms. The zero-order chi connectivity index (χ0) is 19.9. The first-order valence-electron chi connectivity index (χ1n) is 8.51. The minimum absolute atomic E-state index is 0. The highest BCUT2D eigenvalue weighted by Crippen LogP contribution is 2.14. The first-order chi connectivity index (χ1) is 12.8. The van der Waals surface area contributed by atoms with E-state index in [1.54, 1.807) is 12.1 Å². The summed E-state index contributed by atoms with van der Waals surface area (Å²) >= 11 is 0. The second kappa shape index (κ2) is 11.1. The van der Waals surface area contributed by atoms with Gasteiger partial charge in [0.1, 0.15) is 6.04 Å². The van der Waals surface area contributed by atoms with Crippen LogP contribution in [0, 0.1) is 6.92 Å². The molecule has 0 heterocycles. The summed E-state index contributed by atoms with van der Waals surface area (Å²) in [5.41, 5.74) is 8.46. The third kappa shape index (κ3) is 6.88. The quantitative estimate of drug-likeness (QED) is 0.527. The molecule has 4 N–H and O–H groups in total. The fraction of sp³-hybridized carbons (Fsp3) is 0.316. The molecule has 2 aromatic carbocycles. The molecule has 0 aliphatic carbocycles. The molecule has 1 amide bonds. The van der Waals surface area contributed by atoms with Crippen molar-refractivity contribution < 1.29 is 17.9 Å². The molecule has 0 aliphatic rings. The van der Waals surface area contributed by atoms with Gasteiger partial charge >= 0.3 is 0 Å². The molecule has 2 rings (SSSR count). The van der Waals surface area contributed by atoms with E-state index in [0.717, 1.165) is 11.1 Å². The number of ether oxygens (including phenoxy) is 1. The van der Waals surface area contributed by atoms with Crippen LogP contribution in [0.3, 0.4) is 0 Å². The minimum Gasteiger partial charge on any atom is -0.383 e. The average molecular weight is 428 g/mol. The number of nitrogens with one attached hydrogen (secondary N) is 2. The summed E-state index contributed by atoms with van der Waals surface area (Å²) in [6.07, 6.45) is 0. The number of hydrogen-bond donors (Lipinski definition) is 3. The molecule has 0 fully saturated rings. The maximum absolute atomic E-state index is 12.3. The molecule has 0 saturated carbocycles. The maximum Gasteiger partial charge on any atom is 0.241 e. The summed E-state index contributed by atoms with van der Waals surface area (Å²) < 4.78 is 31.8. The van der Waals surface area contributed by atoms with Crippen LogP contribution >= 0.6 is 12.4 Å². The molecule has 0 spiro atoms. The molecular weight excluding hydrogens is 402 g/mol. The highest BCUT2D eigenvalue weighted by Gasteiger charge is 2.16. The predicted molar refractivity (Wildman–Crippen MR) is 111 cm³/mol. The number of methoxy groups -OCH3 is 1. The average Bonchev–Trinajstić information content (AvgIpc) is 2.66. The molecule has 0 aromatic heterocycles. The van der Waals surface area contributed by atoms with E-state index in [-0.39, 0.29) is 42.9 Å². The lowest BCUT2D eigenvalue weighted by atomic mass is 10.1. The van der Waals surface area contributed by atoms with Gasteiger partial charge in [-0.3, -0.25) is 4.79 Å². The number of sulfonamides is 1. The predicted octanol–water partition coefficient (Wildman–Crippen LogP) is 1.66. The highest BCUT2D eigenvalue weighted by molar-refractivity contribution is 7.89. The molecule has 0 saturated heterocycles. The lowest BCUT2D eigenvalue weighted by Crippen LogP contribution is -2.33. The number of hydrogen-bond acceptors (Lipinski definition) is 5. The van der Waals surface area contributed by atoms with Gasteiger partial charge in [-0.25, -0.2) is 13.1 Å². The van der Waals surface area contributed by atoms with Crippen molar-refractivity contribution in [3.8, 4) is 0 Å². The monoisotopic (exact) mass is 427 g/mol. The van der Waals surface area contributed by atoms with Crippen molar-refractivity contribution in [1.82, 2.24) is 10.0 Å². The smallest absolute Gasteiger partial charge is 0.241 e. The number of aryl methyl sites for hydroxylation is 1. The van der Waals surface area contributed by atoms with Gasteiger partial charge in [-0.2, -0.15) is 0 Å². The van der Waals surface area contributed by atoms with Crippen LogP contribution in [-0.4, -0.2) is 34.6 Å². The third-order valence-electron chi connectivity index (χ3n) is 3.99. The van der Waals surface area contributed by atoms with Gasteiger partial charge < -0.3 is 15.8 Å². The van der Waals surface area contributed by atoms with E-state index in [1.807, 2.05) is 31.2 Å². The standard InChI is InChI=1S/C19H25N3O4S.ClH/c1-14-6-8-16(9-7-14)18(20)19(23)21-13-15-4-3-5-17(12-15)27(24,25)22-10-11-26-2;/h3-9,12,18,22H,10-11,13,20H2,1-2H3,(H,21,23);1H. The van der Waals surface area contributed by atoms with E-state index in [2.05, 4.69) is 10.0 Å². The first-order valence-corrected chi connectivity index (χ1v) is 9.99. The number of benzene rings is 2. The molecule has 0 aliphatic heterocycles. The first kappa shape index (κ1) is 24.1. The molecule has 1 unspecified atom stereocenters. The molecular formula is C19H26ClN3O4S. The van der Waals surface area contributed by atoms with Gasteiger partial charge in [-0.15, -0.1) is 12.4 Å². The Morgan fingerprint density at radius 2 is 1.86 bits per heavy atom. The Kier molecular flexibility index (Phi) is 9.57. The fourth-order valence-corrected chi connectivity index (χ4v) is 3.49. The van der Waals surface area contributed by atoms with Gasteiger partial charge in [0.15, 0.2) is 0 Å². The summed E-state index contributed by atoms with van der Waals surface area (Å²) in [5, 5.41) is 2.74. The fourth-order valence-electron chi connectivity index (χ4n) is 2.41. The minimum atomic E-state index is -3.62. The normalized spacial score (nSPS) is 12.1. The largest absolute Gasteiger partial charge is 0.383 e. The van der Waals surface area contributed by atoms with E-state index in [0.29, 0.717) is 5.56 Å². The number of carbonyl (C=O) groups excluding carboxylic acids is 1. The van der Waals surface area contributed by atoms with Crippen molar-refractivity contribution in [3.05, 3.63) is 65.2 Å². The van der Waals surface area contributed by atoms with Crippen LogP contribution in [0.1, 0.15) is 22.7 Å². The number of rotatable bonds is 9. The summed E-state index contributed by atoms with van der Waals surface area (Å²) in [7, 11) is -2.13. The summed E-state index contributed by atoms with van der Waals surface area (Å²) in [6, 6.07) is 13.0. The summed E-state index contributed by atoms with van der Waals surface area (Å²) in [6.45, 7) is 2.61. The van der Waals surface area contributed by atoms with E-state index in [9.17, 15) is 13.2 Å². The molecule has 7 nitrogen and oxygen atoms in total. The molecule has 2 aromatic rings. The van der Waals surface area contributed by atoms with E-state index >= 15 is 0 Å². The van der Waals surface area contributed by atoms with E-state index < -0.39 is 16.1 Å². The van der Waals surface area contributed by atoms with Crippen molar-refractivity contribution in [2.24, 2.45) is 5.73 Å². The second-order valence-electron chi connectivity index (χ2n) is 6.14. The lowest BCUT2D eigenvalue weighted by molar-refractivity contribution is -0.122. The molecule has 154 valence electrons. The number of halogens is 1. The van der Waals surface area contributed by atoms with Crippen molar-refractivity contribution >= 4 is 28.3 Å². The lowest BCUT2D eigenvalue weighted by Gasteiger charge is -2.13. The van der Waals surface area contributed by atoms with Gasteiger partial charge in [0.25, 0.3) is 0 Å². The Morgan fingerprint density at radius 1 is 1.18 bits per heavy atom. The van der Waals surface area contributed by atoms with Crippen LogP contribution < -0.4 is 15.8 Å². The topological polar surface area (TPSA) is 111 Å². The van der Waals surface area contributed by atoms with E-state index in [4.69, 9.17) is 10.5 Å². The number of nitrogens with two attached hydrogens (primary N) is 1. The summed E-state index contributed by atoms with van der Waals surface area (Å²) in [4.78, 5) is 12.4.